The first kappa shape index (κ1) is 35.0. The Morgan fingerprint density at radius 3 is 2.57 bits per heavy atom. The number of carbonyl (C=O) groups excluding carboxylic acids is 5. The molecule has 18 heteroatoms. The number of amides is 2. The molecule has 3 atom stereocenters. The topological polar surface area (TPSA) is 209 Å². The number of carbonyl (C=O) groups is 5. The summed E-state index contributed by atoms with van der Waals surface area (Å²) < 4.78 is 11.7. The van der Waals surface area contributed by atoms with E-state index in [1.165, 1.54) is 45.2 Å². The molecule has 4 rings (SSSR count). The molecule has 0 saturated carbocycles. The van der Waals surface area contributed by atoms with Crippen LogP contribution in [-0.4, -0.2) is 96.0 Å². The number of β-lactam (4-membered cyclic amide) rings is 1. The first-order valence-corrected chi connectivity index (χ1v) is 15.1. The SMILES string of the molecule is Cl.Cn1nnnc1SCC1=C(C(=O)OCOC(=O)C(C)(C)C)N2C(=O)C(NC(=O)C(O)c3ccccc3C(=O)CN)[C@@H]2SC1. The smallest absolute Gasteiger partial charge is 0.357 e. The number of Topliss-reactive ketones (excluding diaryl/α,β-unsaturated/α-hetero) is 1. The van der Waals surface area contributed by atoms with E-state index in [0.717, 1.165) is 0 Å². The van der Waals surface area contributed by atoms with Crippen LogP contribution in [0.25, 0.3) is 0 Å². The van der Waals surface area contributed by atoms with Crippen LogP contribution >= 0.6 is 35.9 Å². The molecule has 0 bridgehead atoms. The Bertz CT molecular complexity index is 1480. The van der Waals surface area contributed by atoms with Crippen LogP contribution in [0.15, 0.2) is 40.7 Å². The molecule has 0 aliphatic carbocycles. The average molecular weight is 670 g/mol. The Labute approximate surface area is 267 Å². The first-order chi connectivity index (χ1) is 20.3. The zero-order valence-electron chi connectivity index (χ0n) is 24.2. The highest BCUT2D eigenvalue weighted by molar-refractivity contribution is 8.01. The summed E-state index contributed by atoms with van der Waals surface area (Å²) in [6.07, 6.45) is -1.74. The van der Waals surface area contributed by atoms with E-state index in [0.29, 0.717) is 16.5 Å². The highest BCUT2D eigenvalue weighted by Crippen LogP contribution is 2.42. The van der Waals surface area contributed by atoms with Gasteiger partial charge in [-0.25, -0.2) is 9.48 Å². The highest BCUT2D eigenvalue weighted by Gasteiger charge is 2.54. The second-order valence-electron chi connectivity index (χ2n) is 10.6. The molecule has 1 fully saturated rings. The van der Waals surface area contributed by atoms with Crippen LogP contribution in [0.1, 0.15) is 42.8 Å². The summed E-state index contributed by atoms with van der Waals surface area (Å²) in [6, 6.07) is 4.95. The molecule has 15 nitrogen and oxygen atoms in total. The summed E-state index contributed by atoms with van der Waals surface area (Å²) in [5.41, 5.74) is 5.32. The van der Waals surface area contributed by atoms with E-state index in [2.05, 4.69) is 20.8 Å². The van der Waals surface area contributed by atoms with Crippen LogP contribution in [0.2, 0.25) is 0 Å². The molecule has 4 N–H and O–H groups in total. The monoisotopic (exact) mass is 669 g/mol. The number of aryl methyl sites for hydroxylation is 1. The van der Waals surface area contributed by atoms with Crippen LogP contribution in [0.4, 0.5) is 0 Å². The van der Waals surface area contributed by atoms with Gasteiger partial charge in [-0.15, -0.1) is 29.3 Å². The zero-order chi connectivity index (χ0) is 31.5. The number of aromatic nitrogens is 4. The first-order valence-electron chi connectivity index (χ1n) is 13.0. The third-order valence-electron chi connectivity index (χ3n) is 6.48. The van der Waals surface area contributed by atoms with Crippen molar-refractivity contribution < 1.29 is 38.6 Å². The number of nitrogens with zero attached hydrogens (tertiary/aromatic N) is 5. The quantitative estimate of drug-likeness (QED) is 0.0969. The lowest BCUT2D eigenvalue weighted by atomic mass is 9.97. The van der Waals surface area contributed by atoms with Gasteiger partial charge < -0.3 is 25.6 Å². The molecule has 2 amide bonds. The van der Waals surface area contributed by atoms with E-state index in [1.807, 2.05) is 0 Å². The van der Waals surface area contributed by atoms with E-state index >= 15 is 0 Å². The van der Waals surface area contributed by atoms with E-state index in [9.17, 15) is 29.1 Å². The molecule has 3 heterocycles. The Morgan fingerprint density at radius 2 is 1.93 bits per heavy atom. The normalized spacial score (nSPS) is 18.4. The fourth-order valence-corrected chi connectivity index (χ4v) is 6.51. The maximum Gasteiger partial charge on any atom is 0.357 e. The Balaban J connectivity index is 0.00000529. The number of aliphatic hydroxyl groups excluding tert-OH is 1. The molecule has 0 radical (unpaired) electrons. The molecule has 2 unspecified atom stereocenters. The minimum atomic E-state index is -1.74. The molecular weight excluding hydrogens is 638 g/mol. The van der Waals surface area contributed by atoms with E-state index < -0.39 is 59.3 Å². The number of tetrazole rings is 1. The Kier molecular flexibility index (Phi) is 11.5. The number of hydrogen-bond acceptors (Lipinski definition) is 14. The maximum atomic E-state index is 13.3. The van der Waals surface area contributed by atoms with Gasteiger partial charge in [-0.05, 0) is 36.8 Å². The van der Waals surface area contributed by atoms with Crippen molar-refractivity contribution in [3.05, 3.63) is 46.7 Å². The number of aliphatic hydroxyl groups is 1. The number of esters is 2. The Hall–Kier alpha value is -3.51. The number of rotatable bonds is 11. The van der Waals surface area contributed by atoms with E-state index in [4.69, 9.17) is 15.2 Å². The molecule has 1 aromatic heterocycles. The predicted octanol–water partition coefficient (Wildman–Crippen LogP) is 0.343. The van der Waals surface area contributed by atoms with Gasteiger partial charge in [-0.1, -0.05) is 36.0 Å². The van der Waals surface area contributed by atoms with E-state index in [-0.39, 0.29) is 41.5 Å². The van der Waals surface area contributed by atoms with Gasteiger partial charge in [0.2, 0.25) is 11.9 Å². The number of ketones is 1. The van der Waals surface area contributed by atoms with Crippen molar-refractivity contribution in [1.82, 2.24) is 30.4 Å². The second-order valence-corrected chi connectivity index (χ2v) is 12.6. The molecule has 2 aliphatic rings. The second kappa shape index (κ2) is 14.5. The number of thioether (sulfide) groups is 2. The summed E-state index contributed by atoms with van der Waals surface area (Å²) in [6.45, 7) is 3.99. The van der Waals surface area contributed by atoms with Crippen molar-refractivity contribution in [3.8, 4) is 0 Å². The van der Waals surface area contributed by atoms with Crippen molar-refractivity contribution in [3.63, 3.8) is 0 Å². The lowest BCUT2D eigenvalue weighted by Crippen LogP contribution is -2.71. The fourth-order valence-electron chi connectivity index (χ4n) is 4.17. The molecule has 0 spiro atoms. The molecule has 2 aromatic rings. The van der Waals surface area contributed by atoms with Gasteiger partial charge in [0, 0.05) is 29.7 Å². The Morgan fingerprint density at radius 1 is 1.23 bits per heavy atom. The molecule has 238 valence electrons. The van der Waals surface area contributed by atoms with Crippen molar-refractivity contribution in [2.75, 3.05) is 24.8 Å². The number of hydrogen-bond donors (Lipinski definition) is 3. The van der Waals surface area contributed by atoms with Gasteiger partial charge in [0.25, 0.3) is 11.8 Å². The van der Waals surface area contributed by atoms with Gasteiger partial charge in [-0.2, -0.15) is 0 Å². The number of benzene rings is 1. The van der Waals surface area contributed by atoms with Gasteiger partial charge in [0.15, 0.2) is 11.9 Å². The van der Waals surface area contributed by atoms with Crippen LogP contribution < -0.4 is 11.1 Å². The van der Waals surface area contributed by atoms with Crippen LogP contribution in [0, 0.1) is 5.41 Å². The van der Waals surface area contributed by atoms with Crippen LogP contribution in [0.3, 0.4) is 0 Å². The molecule has 2 aliphatic heterocycles. The minimum Gasteiger partial charge on any atom is -0.427 e. The largest absolute Gasteiger partial charge is 0.427 e. The van der Waals surface area contributed by atoms with Crippen molar-refractivity contribution in [2.24, 2.45) is 18.2 Å². The summed E-state index contributed by atoms with van der Waals surface area (Å²) in [4.78, 5) is 65.1. The maximum absolute atomic E-state index is 13.3. The van der Waals surface area contributed by atoms with Crippen molar-refractivity contribution >= 4 is 65.5 Å². The molecular formula is C26H32ClN7O8S2. The lowest BCUT2D eigenvalue weighted by Gasteiger charge is -2.49. The zero-order valence-corrected chi connectivity index (χ0v) is 26.7. The lowest BCUT2D eigenvalue weighted by molar-refractivity contribution is -0.173. The van der Waals surface area contributed by atoms with Gasteiger partial charge in [0.1, 0.15) is 17.1 Å². The van der Waals surface area contributed by atoms with Crippen LogP contribution in [-0.2, 0) is 35.7 Å². The van der Waals surface area contributed by atoms with Crippen LogP contribution in [0.5, 0.6) is 0 Å². The predicted molar refractivity (Wildman–Crippen MR) is 160 cm³/mol. The summed E-state index contributed by atoms with van der Waals surface area (Å²) >= 11 is 2.55. The average Bonchev–Trinajstić information content (AvgIpc) is 3.40. The fraction of sp³-hybridized carbons (Fsp3) is 0.462. The number of halogens is 1. The minimum absolute atomic E-state index is 0. The van der Waals surface area contributed by atoms with Gasteiger partial charge >= 0.3 is 11.9 Å². The van der Waals surface area contributed by atoms with Crippen molar-refractivity contribution in [1.29, 1.82) is 0 Å². The van der Waals surface area contributed by atoms with E-state index in [1.54, 1.807) is 40.0 Å². The summed E-state index contributed by atoms with van der Waals surface area (Å²) in [7, 11) is 1.66. The summed E-state index contributed by atoms with van der Waals surface area (Å²) in [5, 5.41) is 24.4. The third kappa shape index (κ3) is 7.40. The standard InChI is InChI=1S/C26H31N7O8S2.ClH/c1-26(2,3)24(39)41-12-40-23(38)18-13(11-43-25-29-30-31-32(25)4)10-42-22-17(21(37)33(18)22)28-20(36)19(35)15-8-6-5-7-14(15)16(34)9-27;/h5-8,17,19,22,35H,9-12,27H2,1-4H3,(H,28,36);1H/t17?,19?,22-;/m0./s1. The van der Waals surface area contributed by atoms with Gasteiger partial charge in [0.05, 0.1) is 12.0 Å². The third-order valence-corrected chi connectivity index (χ3v) is 8.91. The molecule has 1 aromatic carbocycles. The number of ether oxygens (including phenoxy) is 2. The van der Waals surface area contributed by atoms with Gasteiger partial charge in [-0.3, -0.25) is 24.1 Å². The number of nitrogens with two attached hydrogens (primary N) is 1. The number of nitrogens with one attached hydrogen (secondary N) is 1. The molecule has 44 heavy (non-hydrogen) atoms. The number of fused-ring (bicyclic) bond motifs is 1. The highest BCUT2D eigenvalue weighted by atomic mass is 35.5. The molecule has 1 saturated heterocycles. The van der Waals surface area contributed by atoms with Crippen molar-refractivity contribution in [2.45, 2.75) is 43.4 Å². The summed E-state index contributed by atoms with van der Waals surface area (Å²) in [5.74, 6) is -2.88.